The quantitative estimate of drug-likeness (QED) is 0.697. The van der Waals surface area contributed by atoms with E-state index in [9.17, 15) is 14.7 Å². The van der Waals surface area contributed by atoms with E-state index in [0.29, 0.717) is 11.3 Å². The molecule has 26 heavy (non-hydrogen) atoms. The summed E-state index contributed by atoms with van der Waals surface area (Å²) in [5, 5.41) is 22.5. The van der Waals surface area contributed by atoms with E-state index in [2.05, 4.69) is 15.3 Å². The number of aliphatic hydroxyl groups excluding tert-OH is 1. The highest BCUT2D eigenvalue weighted by atomic mass is 32.1. The minimum Gasteiger partial charge on any atom is -0.503 e. The van der Waals surface area contributed by atoms with Crippen LogP contribution in [0.15, 0.2) is 45.8 Å². The van der Waals surface area contributed by atoms with Crippen LogP contribution in [0.2, 0.25) is 0 Å². The minimum atomic E-state index is -0.873. The number of amides is 1. The Morgan fingerprint density at radius 3 is 2.77 bits per heavy atom. The minimum absolute atomic E-state index is 0.0462. The number of nitrogens with zero attached hydrogens (tertiary/aromatic N) is 5. The van der Waals surface area contributed by atoms with Crippen LogP contribution in [-0.2, 0) is 11.8 Å². The monoisotopic (exact) mass is 371 g/mol. The lowest BCUT2D eigenvalue weighted by Gasteiger charge is -2.22. The fraction of sp³-hybridized carbons (Fsp3) is 0.188. The first-order chi connectivity index (χ1) is 12.5. The number of aliphatic hydroxyl groups is 1. The van der Waals surface area contributed by atoms with Gasteiger partial charge in [-0.15, -0.1) is 10.2 Å². The second-order valence-corrected chi connectivity index (χ2v) is 6.56. The van der Waals surface area contributed by atoms with E-state index < -0.39 is 23.5 Å². The lowest BCUT2D eigenvalue weighted by Crippen LogP contribution is -2.30. The Morgan fingerprint density at radius 2 is 2.19 bits per heavy atom. The highest BCUT2D eigenvalue weighted by Crippen LogP contribution is 2.42. The number of ketones is 1. The van der Waals surface area contributed by atoms with Crippen molar-refractivity contribution in [1.82, 2.24) is 20.0 Å². The molecule has 0 bridgehead atoms. The summed E-state index contributed by atoms with van der Waals surface area (Å²) in [5.74, 6) is -1.32. The fourth-order valence-electron chi connectivity index (χ4n) is 2.89. The molecule has 1 unspecified atom stereocenters. The van der Waals surface area contributed by atoms with Gasteiger partial charge in [0.1, 0.15) is 17.3 Å². The first-order valence-corrected chi connectivity index (χ1v) is 8.48. The summed E-state index contributed by atoms with van der Waals surface area (Å²) in [6, 6.07) is 2.28. The SMILES string of the molecule is Cc1ccc(C(=O)C2=C(O)C(=O)N(c3nncs3)C2c2cnn(C)c2)o1. The van der Waals surface area contributed by atoms with E-state index in [1.807, 2.05) is 0 Å². The Balaban J connectivity index is 1.86. The molecule has 1 aliphatic rings. The van der Waals surface area contributed by atoms with Crippen LogP contribution in [-0.4, -0.2) is 36.8 Å². The normalized spacial score (nSPS) is 17.4. The molecule has 0 spiro atoms. The van der Waals surface area contributed by atoms with Crippen molar-refractivity contribution in [2.45, 2.75) is 13.0 Å². The van der Waals surface area contributed by atoms with E-state index >= 15 is 0 Å². The van der Waals surface area contributed by atoms with Gasteiger partial charge in [0.05, 0.1) is 11.8 Å². The lowest BCUT2D eigenvalue weighted by atomic mass is 9.97. The Morgan fingerprint density at radius 1 is 1.38 bits per heavy atom. The van der Waals surface area contributed by atoms with Gasteiger partial charge in [-0.25, -0.2) is 0 Å². The van der Waals surface area contributed by atoms with Gasteiger partial charge in [-0.05, 0) is 19.1 Å². The summed E-state index contributed by atoms with van der Waals surface area (Å²) < 4.78 is 6.93. The number of rotatable bonds is 4. The summed E-state index contributed by atoms with van der Waals surface area (Å²) in [4.78, 5) is 26.9. The fourth-order valence-corrected chi connectivity index (χ4v) is 3.48. The summed E-state index contributed by atoms with van der Waals surface area (Å²) in [6.45, 7) is 1.71. The first kappa shape index (κ1) is 16.2. The number of carbonyl (C=O) groups is 2. The van der Waals surface area contributed by atoms with E-state index in [1.165, 1.54) is 22.7 Å². The maximum absolute atomic E-state index is 13.0. The van der Waals surface area contributed by atoms with E-state index in [-0.39, 0.29) is 16.5 Å². The molecule has 0 radical (unpaired) electrons. The first-order valence-electron chi connectivity index (χ1n) is 7.60. The standard InChI is InChI=1S/C16H13N5O4S/c1-8-3-4-10(25-8)13(22)11-12(9-5-18-20(2)6-9)21(15(24)14(11)23)16-19-17-7-26-16/h3-7,12,23H,1-2H3. The van der Waals surface area contributed by atoms with Crippen molar-refractivity contribution in [3.8, 4) is 0 Å². The van der Waals surface area contributed by atoms with Crippen molar-refractivity contribution < 1.29 is 19.1 Å². The van der Waals surface area contributed by atoms with Gasteiger partial charge >= 0.3 is 0 Å². The molecule has 10 heteroatoms. The summed E-state index contributed by atoms with van der Waals surface area (Å²) in [7, 11) is 1.72. The molecular formula is C16H13N5O4S. The second kappa shape index (κ2) is 5.92. The third-order valence-corrected chi connectivity index (χ3v) is 4.70. The van der Waals surface area contributed by atoms with Crippen molar-refractivity contribution >= 4 is 28.2 Å². The molecule has 3 aromatic rings. The van der Waals surface area contributed by atoms with Gasteiger partial charge in [0.15, 0.2) is 11.5 Å². The highest BCUT2D eigenvalue weighted by Gasteiger charge is 2.46. The third kappa shape index (κ3) is 2.42. The molecule has 0 aromatic carbocycles. The molecule has 9 nitrogen and oxygen atoms in total. The van der Waals surface area contributed by atoms with Gasteiger partial charge in [-0.2, -0.15) is 5.10 Å². The van der Waals surface area contributed by atoms with Crippen molar-refractivity contribution in [3.63, 3.8) is 0 Å². The predicted molar refractivity (Wildman–Crippen MR) is 90.8 cm³/mol. The van der Waals surface area contributed by atoms with Gasteiger partial charge in [0.25, 0.3) is 5.91 Å². The molecule has 1 N–H and O–H groups in total. The maximum atomic E-state index is 13.0. The molecule has 0 aliphatic carbocycles. The average Bonchev–Trinajstić information content (AvgIpc) is 3.37. The number of furan rings is 1. The van der Waals surface area contributed by atoms with E-state index in [0.717, 1.165) is 11.3 Å². The Labute approximate surface area is 151 Å². The molecule has 4 rings (SSSR count). The molecule has 0 saturated carbocycles. The van der Waals surface area contributed by atoms with Gasteiger partial charge in [-0.3, -0.25) is 19.2 Å². The van der Waals surface area contributed by atoms with E-state index in [1.54, 1.807) is 30.9 Å². The maximum Gasteiger partial charge on any atom is 0.296 e. The zero-order valence-corrected chi connectivity index (χ0v) is 14.6. The van der Waals surface area contributed by atoms with Crippen LogP contribution < -0.4 is 4.90 Å². The highest BCUT2D eigenvalue weighted by molar-refractivity contribution is 7.13. The largest absolute Gasteiger partial charge is 0.503 e. The molecular weight excluding hydrogens is 358 g/mol. The second-order valence-electron chi connectivity index (χ2n) is 5.75. The van der Waals surface area contributed by atoms with Crippen LogP contribution in [0.3, 0.4) is 0 Å². The number of aryl methyl sites for hydroxylation is 2. The zero-order chi connectivity index (χ0) is 18.4. The van der Waals surface area contributed by atoms with Crippen molar-refractivity contribution in [1.29, 1.82) is 0 Å². The van der Waals surface area contributed by atoms with Crippen molar-refractivity contribution in [2.75, 3.05) is 4.90 Å². The Hall–Kier alpha value is -3.27. The van der Waals surface area contributed by atoms with Gasteiger partial charge in [0, 0.05) is 18.8 Å². The molecule has 132 valence electrons. The smallest absolute Gasteiger partial charge is 0.296 e. The van der Waals surface area contributed by atoms with Gasteiger partial charge in [-0.1, -0.05) is 11.3 Å². The Kier molecular flexibility index (Phi) is 3.69. The lowest BCUT2D eigenvalue weighted by molar-refractivity contribution is -0.117. The molecule has 0 fully saturated rings. The Bertz CT molecular complexity index is 1030. The number of hydrogen-bond acceptors (Lipinski definition) is 8. The van der Waals surface area contributed by atoms with Crippen molar-refractivity contribution in [3.05, 3.63) is 58.5 Å². The van der Waals surface area contributed by atoms with Gasteiger partial charge in [0.2, 0.25) is 10.9 Å². The molecule has 1 atom stereocenters. The number of hydrogen-bond donors (Lipinski definition) is 1. The van der Waals surface area contributed by atoms with Gasteiger partial charge < -0.3 is 9.52 Å². The van der Waals surface area contributed by atoms with Crippen molar-refractivity contribution in [2.24, 2.45) is 7.05 Å². The van der Waals surface area contributed by atoms with Crippen LogP contribution >= 0.6 is 11.3 Å². The summed E-state index contributed by atoms with van der Waals surface area (Å²) in [5.41, 5.74) is 1.95. The molecule has 1 amide bonds. The number of anilines is 1. The average molecular weight is 371 g/mol. The summed E-state index contributed by atoms with van der Waals surface area (Å²) >= 11 is 1.13. The van der Waals surface area contributed by atoms with E-state index in [4.69, 9.17) is 4.42 Å². The zero-order valence-electron chi connectivity index (χ0n) is 13.8. The number of aromatic nitrogens is 4. The van der Waals surface area contributed by atoms with Crippen LogP contribution in [0.4, 0.5) is 5.13 Å². The number of Topliss-reactive ketones (excluding diaryl/α,β-unsaturated/α-hetero) is 1. The van der Waals surface area contributed by atoms with Crippen LogP contribution in [0.1, 0.15) is 27.9 Å². The molecule has 1 aliphatic heterocycles. The molecule has 3 aromatic heterocycles. The molecule has 4 heterocycles. The summed E-state index contributed by atoms with van der Waals surface area (Å²) in [6.07, 6.45) is 3.20. The predicted octanol–water partition coefficient (Wildman–Crippen LogP) is 1.96. The van der Waals surface area contributed by atoms with Crippen LogP contribution in [0, 0.1) is 6.92 Å². The number of carbonyl (C=O) groups excluding carboxylic acids is 2. The van der Waals surface area contributed by atoms with Crippen LogP contribution in [0.25, 0.3) is 0 Å². The topological polar surface area (TPSA) is 114 Å². The third-order valence-electron chi connectivity index (χ3n) is 4.01. The van der Waals surface area contributed by atoms with Crippen LogP contribution in [0.5, 0.6) is 0 Å². The molecule has 0 saturated heterocycles.